The molecule has 0 bridgehead atoms. The molecule has 3 rings (SSSR count). The minimum atomic E-state index is 0.543. The van der Waals surface area contributed by atoms with E-state index in [0.29, 0.717) is 6.04 Å². The van der Waals surface area contributed by atoms with Crippen molar-refractivity contribution in [3.05, 3.63) is 54.6 Å². The first-order valence-corrected chi connectivity index (χ1v) is 8.41. The molecular formula is C20H25NO. The molecule has 0 heterocycles. The molecule has 1 unspecified atom stereocenters. The van der Waals surface area contributed by atoms with Crippen LogP contribution in [-0.4, -0.2) is 6.04 Å². The highest BCUT2D eigenvalue weighted by Crippen LogP contribution is 2.29. The molecule has 0 spiro atoms. The molecule has 2 nitrogen and oxygen atoms in total. The smallest absolute Gasteiger partial charge is 0.127 e. The van der Waals surface area contributed by atoms with E-state index in [-0.39, 0.29) is 0 Å². The molecule has 1 N–H and O–H groups in total. The summed E-state index contributed by atoms with van der Waals surface area (Å²) in [6.07, 6.45) is 6.92. The lowest BCUT2D eigenvalue weighted by molar-refractivity contribution is 0.328. The largest absolute Gasteiger partial charge is 0.457 e. The molecule has 1 aliphatic carbocycles. The molecule has 22 heavy (non-hydrogen) atoms. The fourth-order valence-corrected chi connectivity index (χ4v) is 3.26. The maximum Gasteiger partial charge on any atom is 0.127 e. The van der Waals surface area contributed by atoms with E-state index >= 15 is 0 Å². The van der Waals surface area contributed by atoms with Gasteiger partial charge in [-0.1, -0.05) is 37.5 Å². The Bertz CT molecular complexity index is 558. The minimum absolute atomic E-state index is 0.543. The monoisotopic (exact) mass is 295 g/mol. The first kappa shape index (κ1) is 15.0. The number of para-hydroxylation sites is 1. The molecule has 2 aromatic carbocycles. The maximum atomic E-state index is 5.83. The number of ether oxygens (including phenoxy) is 1. The summed E-state index contributed by atoms with van der Waals surface area (Å²) in [6.45, 7) is 2.31. The third-order valence-electron chi connectivity index (χ3n) is 4.58. The van der Waals surface area contributed by atoms with Crippen LogP contribution in [0.2, 0.25) is 0 Å². The zero-order valence-corrected chi connectivity index (χ0v) is 13.3. The molecule has 0 aliphatic heterocycles. The van der Waals surface area contributed by atoms with E-state index in [1.807, 2.05) is 42.5 Å². The number of nitrogens with one attached hydrogen (secondary N) is 1. The van der Waals surface area contributed by atoms with Crippen LogP contribution >= 0.6 is 0 Å². The molecular weight excluding hydrogens is 270 g/mol. The van der Waals surface area contributed by atoms with Crippen molar-refractivity contribution in [2.45, 2.75) is 45.1 Å². The fourth-order valence-electron chi connectivity index (χ4n) is 3.26. The van der Waals surface area contributed by atoms with E-state index < -0.39 is 0 Å². The SMILES string of the molecule is CC(Nc1ccc(Oc2ccccc2)cc1)C1CCCCC1. The van der Waals surface area contributed by atoms with Gasteiger partial charge in [0.25, 0.3) is 0 Å². The van der Waals surface area contributed by atoms with Gasteiger partial charge in [-0.05, 0) is 62.1 Å². The van der Waals surface area contributed by atoms with Crippen LogP contribution in [0.3, 0.4) is 0 Å². The second-order valence-corrected chi connectivity index (χ2v) is 6.27. The van der Waals surface area contributed by atoms with Crippen LogP contribution < -0.4 is 10.1 Å². The summed E-state index contributed by atoms with van der Waals surface area (Å²) in [5.41, 5.74) is 1.18. The Hall–Kier alpha value is -1.96. The topological polar surface area (TPSA) is 21.3 Å². The summed E-state index contributed by atoms with van der Waals surface area (Å²) in [4.78, 5) is 0. The Balaban J connectivity index is 1.57. The quantitative estimate of drug-likeness (QED) is 0.746. The first-order chi connectivity index (χ1) is 10.8. The second kappa shape index (κ2) is 7.35. The van der Waals surface area contributed by atoms with Gasteiger partial charge < -0.3 is 10.1 Å². The maximum absolute atomic E-state index is 5.83. The summed E-state index contributed by atoms with van der Waals surface area (Å²) in [5.74, 6) is 2.56. The Morgan fingerprint density at radius 1 is 0.864 bits per heavy atom. The Morgan fingerprint density at radius 2 is 1.50 bits per heavy atom. The number of hydrogen-bond donors (Lipinski definition) is 1. The lowest BCUT2D eigenvalue weighted by Crippen LogP contribution is -2.27. The molecule has 1 atom stereocenters. The molecule has 2 aromatic rings. The van der Waals surface area contributed by atoms with Crippen molar-refractivity contribution in [1.82, 2.24) is 0 Å². The van der Waals surface area contributed by atoms with Gasteiger partial charge in [-0.25, -0.2) is 0 Å². The van der Waals surface area contributed by atoms with Gasteiger partial charge >= 0.3 is 0 Å². The third-order valence-corrected chi connectivity index (χ3v) is 4.58. The predicted molar refractivity (Wildman–Crippen MR) is 92.6 cm³/mol. The Morgan fingerprint density at radius 3 is 2.18 bits per heavy atom. The van der Waals surface area contributed by atoms with Crippen LogP contribution in [0.25, 0.3) is 0 Å². The molecule has 1 aliphatic rings. The number of benzene rings is 2. The predicted octanol–water partition coefficient (Wildman–Crippen LogP) is 5.86. The number of hydrogen-bond acceptors (Lipinski definition) is 2. The lowest BCUT2D eigenvalue weighted by atomic mass is 9.84. The van der Waals surface area contributed by atoms with Crippen molar-refractivity contribution in [3.63, 3.8) is 0 Å². The van der Waals surface area contributed by atoms with Gasteiger partial charge in [0.15, 0.2) is 0 Å². The van der Waals surface area contributed by atoms with Gasteiger partial charge in [-0.15, -0.1) is 0 Å². The van der Waals surface area contributed by atoms with Crippen molar-refractivity contribution >= 4 is 5.69 Å². The van der Waals surface area contributed by atoms with E-state index in [4.69, 9.17) is 4.74 Å². The molecule has 0 saturated heterocycles. The number of anilines is 1. The van der Waals surface area contributed by atoms with Crippen molar-refractivity contribution in [2.75, 3.05) is 5.32 Å². The van der Waals surface area contributed by atoms with Gasteiger partial charge in [0.1, 0.15) is 11.5 Å². The van der Waals surface area contributed by atoms with Crippen molar-refractivity contribution in [1.29, 1.82) is 0 Å². The van der Waals surface area contributed by atoms with Crippen molar-refractivity contribution in [3.8, 4) is 11.5 Å². The van der Waals surface area contributed by atoms with Gasteiger partial charge in [0, 0.05) is 11.7 Å². The van der Waals surface area contributed by atoms with Crippen LogP contribution in [0.1, 0.15) is 39.0 Å². The Kier molecular flexibility index (Phi) is 4.99. The average Bonchev–Trinajstić information content (AvgIpc) is 2.58. The summed E-state index contributed by atoms with van der Waals surface area (Å²) < 4.78 is 5.83. The van der Waals surface area contributed by atoms with E-state index in [9.17, 15) is 0 Å². The molecule has 0 aromatic heterocycles. The Labute approximate surface area is 133 Å². The molecule has 2 heteroatoms. The summed E-state index contributed by atoms with van der Waals surface area (Å²) in [6, 6.07) is 18.7. The molecule has 0 radical (unpaired) electrons. The standard InChI is InChI=1S/C20H25NO/c1-16(17-8-4-2-5-9-17)21-18-12-14-20(15-13-18)22-19-10-6-3-7-11-19/h3,6-7,10-17,21H,2,4-5,8-9H2,1H3. The highest BCUT2D eigenvalue weighted by atomic mass is 16.5. The zero-order valence-electron chi connectivity index (χ0n) is 13.3. The van der Waals surface area contributed by atoms with Gasteiger partial charge in [-0.2, -0.15) is 0 Å². The average molecular weight is 295 g/mol. The summed E-state index contributed by atoms with van der Waals surface area (Å²) in [7, 11) is 0. The molecule has 1 fully saturated rings. The van der Waals surface area contributed by atoms with E-state index in [2.05, 4.69) is 24.4 Å². The molecule has 1 saturated carbocycles. The van der Waals surface area contributed by atoms with Crippen molar-refractivity contribution in [2.24, 2.45) is 5.92 Å². The van der Waals surface area contributed by atoms with E-state index in [1.54, 1.807) is 0 Å². The third kappa shape index (κ3) is 4.03. The van der Waals surface area contributed by atoms with Crippen LogP contribution in [0, 0.1) is 5.92 Å². The van der Waals surface area contributed by atoms with Crippen molar-refractivity contribution < 1.29 is 4.74 Å². The van der Waals surface area contributed by atoms with Crippen LogP contribution in [-0.2, 0) is 0 Å². The normalized spacial score (nSPS) is 17.0. The van der Waals surface area contributed by atoms with Gasteiger partial charge in [0.05, 0.1) is 0 Å². The lowest BCUT2D eigenvalue weighted by Gasteiger charge is -2.29. The van der Waals surface area contributed by atoms with E-state index in [0.717, 1.165) is 17.4 Å². The number of rotatable bonds is 5. The summed E-state index contributed by atoms with van der Waals surface area (Å²) in [5, 5.41) is 3.65. The van der Waals surface area contributed by atoms with E-state index in [1.165, 1.54) is 37.8 Å². The van der Waals surface area contributed by atoms with Gasteiger partial charge in [-0.3, -0.25) is 0 Å². The van der Waals surface area contributed by atoms with Crippen LogP contribution in [0.4, 0.5) is 5.69 Å². The minimum Gasteiger partial charge on any atom is -0.457 e. The molecule has 0 amide bonds. The fraction of sp³-hybridized carbons (Fsp3) is 0.400. The van der Waals surface area contributed by atoms with Gasteiger partial charge in [0.2, 0.25) is 0 Å². The molecule has 116 valence electrons. The summed E-state index contributed by atoms with van der Waals surface area (Å²) >= 11 is 0. The second-order valence-electron chi connectivity index (χ2n) is 6.27. The van der Waals surface area contributed by atoms with Crippen LogP contribution in [0.5, 0.6) is 11.5 Å². The zero-order chi connectivity index (χ0) is 15.2. The highest BCUT2D eigenvalue weighted by molar-refractivity contribution is 5.47. The highest BCUT2D eigenvalue weighted by Gasteiger charge is 2.19. The van der Waals surface area contributed by atoms with Crippen LogP contribution in [0.15, 0.2) is 54.6 Å². The first-order valence-electron chi connectivity index (χ1n) is 8.41.